The average molecular weight is 683 g/mol. The molecule has 13 nitrogen and oxygen atoms in total. The molecule has 6 atom stereocenters. The number of hydrogen-bond donors (Lipinski definition) is 6. The SMILES string of the molecule is CCCC/C=C\CCCCCCCC(=O)OC(COC(=O)CCCCCCCC)COP(=O)(O)OC1C(O)C(O)C(O)C(O)C1O. The molecule has 1 aliphatic rings. The van der Waals surface area contributed by atoms with E-state index < -0.39 is 75.7 Å². The van der Waals surface area contributed by atoms with Crippen molar-refractivity contribution in [1.82, 2.24) is 0 Å². The molecule has 270 valence electrons. The van der Waals surface area contributed by atoms with Crippen LogP contribution >= 0.6 is 7.82 Å². The summed E-state index contributed by atoms with van der Waals surface area (Å²) in [7, 11) is -5.09. The first-order valence-corrected chi connectivity index (χ1v) is 18.5. The zero-order chi connectivity index (χ0) is 34.4. The fraction of sp³-hybridized carbons (Fsp3) is 0.875. The lowest BCUT2D eigenvalue weighted by molar-refractivity contribution is -0.220. The molecule has 46 heavy (non-hydrogen) atoms. The van der Waals surface area contributed by atoms with Crippen molar-refractivity contribution in [3.05, 3.63) is 12.2 Å². The highest BCUT2D eigenvalue weighted by molar-refractivity contribution is 7.47. The molecule has 0 radical (unpaired) electrons. The van der Waals surface area contributed by atoms with E-state index in [1.165, 1.54) is 12.8 Å². The smallest absolute Gasteiger partial charge is 0.462 e. The van der Waals surface area contributed by atoms with Gasteiger partial charge in [-0.2, -0.15) is 0 Å². The minimum absolute atomic E-state index is 0.0883. The van der Waals surface area contributed by atoms with Crippen LogP contribution < -0.4 is 0 Å². The van der Waals surface area contributed by atoms with Gasteiger partial charge in [0.2, 0.25) is 0 Å². The van der Waals surface area contributed by atoms with E-state index in [0.717, 1.165) is 70.6 Å². The predicted molar refractivity (Wildman–Crippen MR) is 171 cm³/mol. The van der Waals surface area contributed by atoms with Crippen LogP contribution in [0.25, 0.3) is 0 Å². The quantitative estimate of drug-likeness (QED) is 0.0330. The van der Waals surface area contributed by atoms with Crippen LogP contribution in [-0.4, -0.2) is 98.3 Å². The van der Waals surface area contributed by atoms with E-state index >= 15 is 0 Å². The van der Waals surface area contributed by atoms with E-state index in [-0.39, 0.29) is 12.8 Å². The third-order valence-corrected chi connectivity index (χ3v) is 8.84. The molecule has 1 rings (SSSR count). The molecule has 0 aliphatic heterocycles. The van der Waals surface area contributed by atoms with Crippen LogP contribution in [0.15, 0.2) is 12.2 Å². The number of rotatable bonds is 26. The number of unbranched alkanes of at least 4 members (excludes halogenated alkanes) is 12. The van der Waals surface area contributed by atoms with E-state index in [4.69, 9.17) is 18.5 Å². The van der Waals surface area contributed by atoms with Crippen LogP contribution in [0.4, 0.5) is 0 Å². The summed E-state index contributed by atoms with van der Waals surface area (Å²) in [5, 5.41) is 49.6. The second-order valence-electron chi connectivity index (χ2n) is 12.0. The average Bonchev–Trinajstić information content (AvgIpc) is 3.03. The Labute approximate surface area is 273 Å². The monoisotopic (exact) mass is 682 g/mol. The highest BCUT2D eigenvalue weighted by Crippen LogP contribution is 2.47. The van der Waals surface area contributed by atoms with Gasteiger partial charge >= 0.3 is 19.8 Å². The second kappa shape index (κ2) is 24.7. The fourth-order valence-electron chi connectivity index (χ4n) is 4.97. The van der Waals surface area contributed by atoms with Crippen molar-refractivity contribution in [2.75, 3.05) is 13.2 Å². The molecule has 0 saturated heterocycles. The molecular formula is C32H59O13P. The van der Waals surface area contributed by atoms with E-state index in [0.29, 0.717) is 12.8 Å². The van der Waals surface area contributed by atoms with Gasteiger partial charge in [-0.15, -0.1) is 0 Å². The Morgan fingerprint density at radius 3 is 1.72 bits per heavy atom. The number of hydrogen-bond acceptors (Lipinski definition) is 12. The zero-order valence-corrected chi connectivity index (χ0v) is 28.5. The molecule has 1 saturated carbocycles. The summed E-state index contributed by atoms with van der Waals surface area (Å²) < 4.78 is 33.0. The van der Waals surface area contributed by atoms with Crippen molar-refractivity contribution < 1.29 is 63.1 Å². The largest absolute Gasteiger partial charge is 0.472 e. The number of aliphatic hydroxyl groups is 5. The molecule has 0 aromatic carbocycles. The predicted octanol–water partition coefficient (Wildman–Crippen LogP) is 3.99. The first-order valence-electron chi connectivity index (χ1n) is 17.0. The number of carbonyl (C=O) groups is 2. The molecule has 0 bridgehead atoms. The molecule has 1 fully saturated rings. The molecule has 0 amide bonds. The summed E-state index contributed by atoms with van der Waals surface area (Å²) in [5.74, 6) is -1.12. The van der Waals surface area contributed by atoms with Crippen LogP contribution in [0.3, 0.4) is 0 Å². The Morgan fingerprint density at radius 1 is 0.652 bits per heavy atom. The number of phosphoric ester groups is 1. The summed E-state index contributed by atoms with van der Waals surface area (Å²) >= 11 is 0. The Balaban J connectivity index is 2.61. The van der Waals surface area contributed by atoms with Crippen molar-refractivity contribution in [3.63, 3.8) is 0 Å². The molecule has 6 N–H and O–H groups in total. The maximum absolute atomic E-state index is 12.6. The fourth-order valence-corrected chi connectivity index (χ4v) is 5.94. The standard InChI is InChI=1S/C32H59O13P/c1-3-5-7-9-11-12-13-14-15-17-19-21-26(34)44-24(22-42-25(33)20-18-16-10-8-6-4-2)23-43-46(40,41)45-32-30(38)28(36)27(35)29(37)31(32)39/h9,11,24,27-32,35-39H,3-8,10,12-23H2,1-2H3,(H,40,41)/b11-9-. The third kappa shape index (κ3) is 18.2. The van der Waals surface area contributed by atoms with E-state index in [9.17, 15) is 44.6 Å². The normalized spacial score (nSPS) is 25.3. The molecule has 1 aliphatic carbocycles. The van der Waals surface area contributed by atoms with E-state index in [2.05, 4.69) is 26.0 Å². The highest BCUT2D eigenvalue weighted by atomic mass is 31.2. The van der Waals surface area contributed by atoms with Crippen LogP contribution in [0.5, 0.6) is 0 Å². The lowest BCUT2D eigenvalue weighted by Crippen LogP contribution is -2.64. The van der Waals surface area contributed by atoms with Crippen molar-refractivity contribution in [2.24, 2.45) is 0 Å². The third-order valence-electron chi connectivity index (χ3n) is 7.86. The molecule has 0 aromatic heterocycles. The van der Waals surface area contributed by atoms with E-state index in [1.54, 1.807) is 0 Å². The summed E-state index contributed by atoms with van der Waals surface area (Å²) in [6.07, 6.45) is 6.35. The summed E-state index contributed by atoms with van der Waals surface area (Å²) in [6.45, 7) is 3.11. The Kier molecular flexibility index (Phi) is 22.9. The van der Waals surface area contributed by atoms with Crippen molar-refractivity contribution in [3.8, 4) is 0 Å². The van der Waals surface area contributed by atoms with Gasteiger partial charge in [0.05, 0.1) is 6.61 Å². The van der Waals surface area contributed by atoms with Gasteiger partial charge < -0.3 is 39.9 Å². The first kappa shape index (κ1) is 42.6. The van der Waals surface area contributed by atoms with Gasteiger partial charge in [0, 0.05) is 12.8 Å². The van der Waals surface area contributed by atoms with Crippen LogP contribution in [-0.2, 0) is 32.7 Å². The zero-order valence-electron chi connectivity index (χ0n) is 27.6. The van der Waals surface area contributed by atoms with Gasteiger partial charge in [-0.25, -0.2) is 4.57 Å². The maximum atomic E-state index is 12.6. The first-order chi connectivity index (χ1) is 21.9. The number of aliphatic hydroxyl groups excluding tert-OH is 5. The number of allylic oxidation sites excluding steroid dienone is 2. The minimum Gasteiger partial charge on any atom is -0.462 e. The summed E-state index contributed by atoms with van der Waals surface area (Å²) in [6, 6.07) is 0. The highest BCUT2D eigenvalue weighted by Gasteiger charge is 2.51. The van der Waals surface area contributed by atoms with Crippen LogP contribution in [0, 0.1) is 0 Å². The Morgan fingerprint density at radius 2 is 1.13 bits per heavy atom. The van der Waals surface area contributed by atoms with Crippen LogP contribution in [0.2, 0.25) is 0 Å². The molecule has 0 spiro atoms. The topological polar surface area (TPSA) is 210 Å². The van der Waals surface area contributed by atoms with Gasteiger partial charge in [-0.1, -0.05) is 90.2 Å². The lowest BCUT2D eigenvalue weighted by Gasteiger charge is -2.41. The number of esters is 2. The molecule has 0 aromatic rings. The maximum Gasteiger partial charge on any atom is 0.472 e. The number of carbonyl (C=O) groups excluding carboxylic acids is 2. The van der Waals surface area contributed by atoms with Crippen molar-refractivity contribution >= 4 is 19.8 Å². The lowest BCUT2D eigenvalue weighted by atomic mass is 9.85. The number of phosphoric acid groups is 1. The minimum atomic E-state index is -5.09. The molecular weight excluding hydrogens is 623 g/mol. The van der Waals surface area contributed by atoms with Gasteiger partial charge in [-0.05, 0) is 32.1 Å². The van der Waals surface area contributed by atoms with Crippen molar-refractivity contribution in [2.45, 2.75) is 166 Å². The van der Waals surface area contributed by atoms with Gasteiger partial charge in [-0.3, -0.25) is 18.6 Å². The Bertz CT molecular complexity index is 885. The van der Waals surface area contributed by atoms with Gasteiger partial charge in [0.1, 0.15) is 43.2 Å². The molecule has 6 unspecified atom stereocenters. The Hall–Kier alpha value is -1.41. The van der Waals surface area contributed by atoms with Gasteiger partial charge in [0.15, 0.2) is 6.10 Å². The van der Waals surface area contributed by atoms with Gasteiger partial charge in [0.25, 0.3) is 0 Å². The van der Waals surface area contributed by atoms with E-state index in [1.807, 2.05) is 0 Å². The second-order valence-corrected chi connectivity index (χ2v) is 13.4. The number of ether oxygens (including phenoxy) is 2. The van der Waals surface area contributed by atoms with Crippen LogP contribution in [0.1, 0.15) is 123 Å². The summed E-state index contributed by atoms with van der Waals surface area (Å²) in [4.78, 5) is 35.1. The summed E-state index contributed by atoms with van der Waals surface area (Å²) in [5.41, 5.74) is 0. The molecule has 0 heterocycles. The molecule has 14 heteroatoms. The van der Waals surface area contributed by atoms with Crippen molar-refractivity contribution in [1.29, 1.82) is 0 Å².